The van der Waals surface area contributed by atoms with E-state index in [2.05, 4.69) is 26.6 Å². The Hall–Kier alpha value is -1.07. The highest BCUT2D eigenvalue weighted by molar-refractivity contribution is 9.10. The third-order valence-corrected chi connectivity index (χ3v) is 2.88. The van der Waals surface area contributed by atoms with Crippen molar-refractivity contribution in [1.29, 1.82) is 0 Å². The van der Waals surface area contributed by atoms with Gasteiger partial charge in [-0.3, -0.25) is 4.79 Å². The van der Waals surface area contributed by atoms with E-state index in [4.69, 9.17) is 0 Å². The molecule has 5 heteroatoms. The number of nitrogens with one attached hydrogen (secondary N) is 2. The molecule has 17 heavy (non-hydrogen) atoms. The SMILES string of the molecule is CCCNC(=O)CNCc1cccc(Br)c1O. The van der Waals surface area contributed by atoms with Crippen LogP contribution in [0.25, 0.3) is 0 Å². The van der Waals surface area contributed by atoms with E-state index < -0.39 is 0 Å². The largest absolute Gasteiger partial charge is 0.506 e. The molecule has 1 aromatic carbocycles. The molecule has 0 saturated heterocycles. The Labute approximate surface area is 110 Å². The van der Waals surface area contributed by atoms with Crippen molar-refractivity contribution in [3.05, 3.63) is 28.2 Å². The van der Waals surface area contributed by atoms with Crippen molar-refractivity contribution in [2.75, 3.05) is 13.1 Å². The summed E-state index contributed by atoms with van der Waals surface area (Å²) in [7, 11) is 0. The Morgan fingerprint density at radius 3 is 2.94 bits per heavy atom. The summed E-state index contributed by atoms with van der Waals surface area (Å²) in [5.41, 5.74) is 0.766. The Kier molecular flexibility index (Phi) is 6.00. The lowest BCUT2D eigenvalue weighted by Gasteiger charge is -2.08. The molecule has 0 aliphatic carbocycles. The zero-order valence-electron chi connectivity index (χ0n) is 9.79. The van der Waals surface area contributed by atoms with Gasteiger partial charge in [-0.05, 0) is 28.4 Å². The fourth-order valence-electron chi connectivity index (χ4n) is 1.34. The highest BCUT2D eigenvalue weighted by atomic mass is 79.9. The summed E-state index contributed by atoms with van der Waals surface area (Å²) in [6, 6.07) is 5.43. The maximum absolute atomic E-state index is 11.3. The van der Waals surface area contributed by atoms with Gasteiger partial charge in [0.25, 0.3) is 0 Å². The summed E-state index contributed by atoms with van der Waals surface area (Å²) >= 11 is 3.24. The Morgan fingerprint density at radius 2 is 2.24 bits per heavy atom. The van der Waals surface area contributed by atoms with Gasteiger partial charge in [-0.15, -0.1) is 0 Å². The molecule has 4 nitrogen and oxygen atoms in total. The molecule has 94 valence electrons. The molecule has 0 fully saturated rings. The normalized spacial score (nSPS) is 10.2. The fourth-order valence-corrected chi connectivity index (χ4v) is 1.75. The van der Waals surface area contributed by atoms with Gasteiger partial charge in [0.05, 0.1) is 11.0 Å². The number of hydrogen-bond donors (Lipinski definition) is 3. The second kappa shape index (κ2) is 7.29. The summed E-state index contributed by atoms with van der Waals surface area (Å²) in [6.07, 6.45) is 0.929. The van der Waals surface area contributed by atoms with Crippen LogP contribution in [0.4, 0.5) is 0 Å². The molecular weight excluding hydrogens is 284 g/mol. The summed E-state index contributed by atoms with van der Waals surface area (Å²) in [5, 5.41) is 15.5. The predicted molar refractivity (Wildman–Crippen MR) is 70.8 cm³/mol. The first-order chi connectivity index (χ1) is 8.15. The molecular formula is C12H17BrN2O2. The molecule has 0 unspecified atom stereocenters. The summed E-state index contributed by atoms with van der Waals surface area (Å²) in [5.74, 6) is 0.190. The van der Waals surface area contributed by atoms with Gasteiger partial charge in [0.15, 0.2) is 0 Å². The van der Waals surface area contributed by atoms with E-state index in [0.29, 0.717) is 17.6 Å². The van der Waals surface area contributed by atoms with Crippen molar-refractivity contribution >= 4 is 21.8 Å². The van der Waals surface area contributed by atoms with Crippen LogP contribution >= 0.6 is 15.9 Å². The van der Waals surface area contributed by atoms with Crippen molar-refractivity contribution < 1.29 is 9.90 Å². The van der Waals surface area contributed by atoms with Crippen molar-refractivity contribution in [1.82, 2.24) is 10.6 Å². The van der Waals surface area contributed by atoms with Gasteiger partial charge in [0.1, 0.15) is 5.75 Å². The maximum Gasteiger partial charge on any atom is 0.233 e. The first-order valence-electron chi connectivity index (χ1n) is 5.59. The molecule has 1 aromatic rings. The predicted octanol–water partition coefficient (Wildman–Crippen LogP) is 1.77. The second-order valence-electron chi connectivity index (χ2n) is 3.70. The topological polar surface area (TPSA) is 61.4 Å². The average molecular weight is 301 g/mol. The molecule has 0 aromatic heterocycles. The first kappa shape index (κ1) is 14.0. The highest BCUT2D eigenvalue weighted by Crippen LogP contribution is 2.26. The molecule has 0 bridgehead atoms. The Balaban J connectivity index is 2.36. The number of rotatable bonds is 6. The van der Waals surface area contributed by atoms with Gasteiger partial charge < -0.3 is 15.7 Å². The summed E-state index contributed by atoms with van der Waals surface area (Å²) in [6.45, 7) is 3.42. The Bertz CT molecular complexity index is 383. The number of carbonyl (C=O) groups excluding carboxylic acids is 1. The molecule has 0 atom stereocenters. The summed E-state index contributed by atoms with van der Waals surface area (Å²) in [4.78, 5) is 11.3. The zero-order valence-corrected chi connectivity index (χ0v) is 11.4. The van der Waals surface area contributed by atoms with Crippen LogP contribution < -0.4 is 10.6 Å². The molecule has 0 heterocycles. The van der Waals surface area contributed by atoms with Gasteiger partial charge >= 0.3 is 0 Å². The van der Waals surface area contributed by atoms with Crippen molar-refractivity contribution in [2.24, 2.45) is 0 Å². The van der Waals surface area contributed by atoms with Gasteiger partial charge in [-0.2, -0.15) is 0 Å². The summed E-state index contributed by atoms with van der Waals surface area (Å²) < 4.78 is 0.659. The first-order valence-corrected chi connectivity index (χ1v) is 6.38. The standard InChI is InChI=1S/C12H17BrN2O2/c1-2-6-15-11(16)8-14-7-9-4-3-5-10(13)12(9)17/h3-5,14,17H,2,6-8H2,1H3,(H,15,16). The van der Waals surface area contributed by atoms with Gasteiger partial charge in [-0.25, -0.2) is 0 Å². The third-order valence-electron chi connectivity index (χ3n) is 2.24. The van der Waals surface area contributed by atoms with Crippen LogP contribution in [0.1, 0.15) is 18.9 Å². The van der Waals surface area contributed by atoms with E-state index >= 15 is 0 Å². The molecule has 3 N–H and O–H groups in total. The average Bonchev–Trinajstić information content (AvgIpc) is 2.32. The molecule has 0 saturated carbocycles. The van der Waals surface area contributed by atoms with Gasteiger partial charge in [0.2, 0.25) is 5.91 Å². The number of hydrogen-bond acceptors (Lipinski definition) is 3. The van der Waals surface area contributed by atoms with Crippen LogP contribution in [-0.2, 0) is 11.3 Å². The second-order valence-corrected chi connectivity index (χ2v) is 4.56. The lowest BCUT2D eigenvalue weighted by atomic mass is 10.2. The van der Waals surface area contributed by atoms with Crippen LogP contribution in [0, 0.1) is 0 Å². The monoisotopic (exact) mass is 300 g/mol. The minimum atomic E-state index is -0.0265. The van der Waals surface area contributed by atoms with Crippen LogP contribution in [0.2, 0.25) is 0 Å². The molecule has 0 spiro atoms. The van der Waals surface area contributed by atoms with Crippen LogP contribution in [0.15, 0.2) is 22.7 Å². The number of aromatic hydroxyl groups is 1. The Morgan fingerprint density at radius 1 is 1.47 bits per heavy atom. The number of halogens is 1. The number of phenols is 1. The quantitative estimate of drug-likeness (QED) is 0.750. The molecule has 1 amide bonds. The number of amides is 1. The third kappa shape index (κ3) is 4.75. The fraction of sp³-hybridized carbons (Fsp3) is 0.417. The van der Waals surface area contributed by atoms with E-state index in [1.807, 2.05) is 19.1 Å². The molecule has 1 rings (SSSR count). The van der Waals surface area contributed by atoms with E-state index in [9.17, 15) is 9.90 Å². The van der Waals surface area contributed by atoms with Gasteiger partial charge in [0, 0.05) is 18.7 Å². The van der Waals surface area contributed by atoms with E-state index in [1.165, 1.54) is 0 Å². The van der Waals surface area contributed by atoms with Crippen molar-refractivity contribution in [2.45, 2.75) is 19.9 Å². The minimum absolute atomic E-state index is 0.0265. The zero-order chi connectivity index (χ0) is 12.7. The van der Waals surface area contributed by atoms with Crippen LogP contribution in [-0.4, -0.2) is 24.1 Å². The van der Waals surface area contributed by atoms with Crippen LogP contribution in [0.5, 0.6) is 5.75 Å². The molecule has 0 aliphatic rings. The maximum atomic E-state index is 11.3. The van der Waals surface area contributed by atoms with E-state index in [0.717, 1.165) is 12.0 Å². The van der Waals surface area contributed by atoms with E-state index in [1.54, 1.807) is 6.07 Å². The molecule has 0 radical (unpaired) electrons. The lowest BCUT2D eigenvalue weighted by molar-refractivity contribution is -0.120. The van der Waals surface area contributed by atoms with Gasteiger partial charge in [-0.1, -0.05) is 19.1 Å². The number of phenolic OH excluding ortho intramolecular Hbond substituents is 1. The van der Waals surface area contributed by atoms with Crippen LogP contribution in [0.3, 0.4) is 0 Å². The smallest absolute Gasteiger partial charge is 0.233 e. The highest BCUT2D eigenvalue weighted by Gasteiger charge is 2.05. The number of benzene rings is 1. The number of para-hydroxylation sites is 1. The van der Waals surface area contributed by atoms with Crippen molar-refractivity contribution in [3.63, 3.8) is 0 Å². The minimum Gasteiger partial charge on any atom is -0.506 e. The molecule has 0 aliphatic heterocycles. The van der Waals surface area contributed by atoms with E-state index in [-0.39, 0.29) is 18.2 Å². The number of carbonyl (C=O) groups is 1. The lowest BCUT2D eigenvalue weighted by Crippen LogP contribution is -2.33. The van der Waals surface area contributed by atoms with Crippen molar-refractivity contribution in [3.8, 4) is 5.75 Å².